The van der Waals surface area contributed by atoms with Crippen molar-refractivity contribution in [3.8, 4) is 0 Å². The molecule has 6 heteroatoms. The summed E-state index contributed by atoms with van der Waals surface area (Å²) in [6, 6.07) is 0. The standard InChI is InChI=1S/4O.Pt.Ti/q;;2*-2;;+4. The zero-order valence-electron chi connectivity index (χ0n) is 2.45. The maximum atomic E-state index is 8.49. The molecule has 0 saturated heterocycles. The maximum Gasteiger partial charge on any atom is 4.00 e. The van der Waals surface area contributed by atoms with Crippen molar-refractivity contribution >= 4 is 0 Å². The SMILES string of the molecule is [O-2].[O-2].[O]=[Pt]=[O].[Ti+4]. The molecule has 4 nitrogen and oxygen atoms in total. The predicted molar refractivity (Wildman–Crippen MR) is 2.75 cm³/mol. The summed E-state index contributed by atoms with van der Waals surface area (Å²) in [5.41, 5.74) is 0. The molecule has 0 fully saturated rings. The molecule has 0 aliphatic heterocycles. The van der Waals surface area contributed by atoms with Crippen LogP contribution in [-0.2, 0) is 58.0 Å². The van der Waals surface area contributed by atoms with E-state index in [-0.39, 0.29) is 32.7 Å². The molecule has 0 radical (unpaired) electrons. The average Bonchev–Trinajstić information content (AvgIpc) is 0.918. The second kappa shape index (κ2) is 38.8. The van der Waals surface area contributed by atoms with Gasteiger partial charge in [-0.05, 0) is 0 Å². The summed E-state index contributed by atoms with van der Waals surface area (Å²) in [5, 5.41) is 0. The molecule has 0 aliphatic carbocycles. The van der Waals surface area contributed by atoms with Gasteiger partial charge in [0.2, 0.25) is 0 Å². The Kier molecular flexibility index (Phi) is 184. The molecule has 0 saturated carbocycles. The molecule has 0 rings (SSSR count). The molecule has 0 atom stereocenters. The van der Waals surface area contributed by atoms with Crippen LogP contribution in [0.3, 0.4) is 0 Å². The minimum absolute atomic E-state index is 0. The summed E-state index contributed by atoms with van der Waals surface area (Å²) in [4.78, 5) is 0. The molecule has 0 aromatic heterocycles. The van der Waals surface area contributed by atoms with Crippen LogP contribution in [0.15, 0.2) is 0 Å². The van der Waals surface area contributed by atoms with Crippen LogP contribution < -0.4 is 0 Å². The van der Waals surface area contributed by atoms with Gasteiger partial charge in [0.1, 0.15) is 0 Å². The van der Waals surface area contributed by atoms with Crippen molar-refractivity contribution in [2.75, 3.05) is 0 Å². The van der Waals surface area contributed by atoms with E-state index in [1.807, 2.05) is 0 Å². The Labute approximate surface area is 58.0 Å². The zero-order valence-corrected chi connectivity index (χ0v) is 6.28. The van der Waals surface area contributed by atoms with Gasteiger partial charge in [0.25, 0.3) is 0 Å². The monoisotopic (exact) mass is 307 g/mol. The van der Waals surface area contributed by atoms with Gasteiger partial charge in [0.05, 0.1) is 0 Å². The Morgan fingerprint density at radius 3 is 1.00 bits per heavy atom. The zero-order chi connectivity index (χ0) is 2.71. The molecule has 0 heterocycles. The second-order valence-corrected chi connectivity index (χ2v) is 0.431. The van der Waals surface area contributed by atoms with E-state index in [2.05, 4.69) is 0 Å². The smallest absolute Gasteiger partial charge is 4.00 e. The van der Waals surface area contributed by atoms with E-state index in [0.717, 1.165) is 0 Å². The fraction of sp³-hybridized carbons (Fsp3) is 0. The molecule has 0 spiro atoms. The average molecular weight is 307 g/mol. The molecule has 0 amide bonds. The molecule has 38 valence electrons. The number of rotatable bonds is 0. The summed E-state index contributed by atoms with van der Waals surface area (Å²) in [6.07, 6.45) is 0. The van der Waals surface area contributed by atoms with Crippen LogP contribution >= 0.6 is 0 Å². The van der Waals surface area contributed by atoms with Gasteiger partial charge in [0.15, 0.2) is 0 Å². The van der Waals surface area contributed by atoms with E-state index in [4.69, 9.17) is 6.80 Å². The Morgan fingerprint density at radius 1 is 1.00 bits per heavy atom. The number of hydrogen-bond donors (Lipinski definition) is 0. The second-order valence-electron chi connectivity index (χ2n) is 0.0527. The van der Waals surface area contributed by atoms with Gasteiger partial charge in [-0.3, -0.25) is 0 Å². The van der Waals surface area contributed by atoms with Crippen LogP contribution in [0.1, 0.15) is 0 Å². The maximum absolute atomic E-state index is 8.49. The molecule has 0 unspecified atom stereocenters. The van der Waals surface area contributed by atoms with Crippen molar-refractivity contribution in [3.63, 3.8) is 0 Å². The first kappa shape index (κ1) is 28.4. The topological polar surface area (TPSA) is 91.1 Å². The van der Waals surface area contributed by atoms with Gasteiger partial charge >= 0.3 is 47.0 Å². The van der Waals surface area contributed by atoms with Gasteiger partial charge in [-0.2, -0.15) is 0 Å². The number of hydrogen-bond acceptors (Lipinski definition) is 2. The van der Waals surface area contributed by atoms with E-state index >= 15 is 0 Å². The van der Waals surface area contributed by atoms with Gasteiger partial charge in [-0.25, -0.2) is 0 Å². The Balaban J connectivity index is -0.00000000667. The quantitative estimate of drug-likeness (QED) is 0.566. The minimum atomic E-state index is -1.92. The van der Waals surface area contributed by atoms with Crippen LogP contribution in [0.5, 0.6) is 0 Å². The summed E-state index contributed by atoms with van der Waals surface area (Å²) < 4.78 is 17.0. The molecule has 6 heavy (non-hydrogen) atoms. The molecule has 0 aliphatic rings. The van der Waals surface area contributed by atoms with Crippen LogP contribution in [-0.4, -0.2) is 0 Å². The van der Waals surface area contributed by atoms with Crippen molar-refractivity contribution in [2.24, 2.45) is 0 Å². The Bertz CT molecular complexity index is 28.5. The van der Waals surface area contributed by atoms with Crippen molar-refractivity contribution in [3.05, 3.63) is 0 Å². The first-order chi connectivity index (χ1) is 1.41. The van der Waals surface area contributed by atoms with E-state index in [0.29, 0.717) is 0 Å². The van der Waals surface area contributed by atoms with Crippen molar-refractivity contribution in [2.45, 2.75) is 0 Å². The first-order valence-electron chi connectivity index (χ1n) is 0.258. The van der Waals surface area contributed by atoms with Crippen molar-refractivity contribution in [1.82, 2.24) is 0 Å². The Morgan fingerprint density at radius 2 is 1.00 bits per heavy atom. The van der Waals surface area contributed by atoms with Gasteiger partial charge in [-0.15, -0.1) is 0 Å². The molecule has 0 aromatic carbocycles. The van der Waals surface area contributed by atoms with Gasteiger partial charge < -0.3 is 11.0 Å². The third-order valence-corrected chi connectivity index (χ3v) is 0. The van der Waals surface area contributed by atoms with Crippen LogP contribution in [0.25, 0.3) is 0 Å². The van der Waals surface area contributed by atoms with E-state index in [9.17, 15) is 0 Å². The van der Waals surface area contributed by atoms with E-state index in [1.165, 1.54) is 0 Å². The van der Waals surface area contributed by atoms with Gasteiger partial charge in [0, 0.05) is 0 Å². The van der Waals surface area contributed by atoms with E-state index in [1.54, 1.807) is 0 Å². The molecular weight excluding hydrogens is 307 g/mol. The van der Waals surface area contributed by atoms with Crippen molar-refractivity contribution in [1.29, 1.82) is 0 Å². The first-order valence-corrected chi connectivity index (χ1v) is 2.11. The van der Waals surface area contributed by atoms with Crippen LogP contribution in [0, 0.1) is 0 Å². The predicted octanol–water partition coefficient (Wildman–Crippen LogP) is -0.480. The van der Waals surface area contributed by atoms with E-state index < -0.39 is 18.5 Å². The fourth-order valence-electron chi connectivity index (χ4n) is 0. The molecular formula is O4PtTi. The van der Waals surface area contributed by atoms with Crippen LogP contribution in [0.4, 0.5) is 0 Å². The summed E-state index contributed by atoms with van der Waals surface area (Å²) in [5.74, 6) is 0. The van der Waals surface area contributed by atoms with Crippen molar-refractivity contribution < 1.29 is 58.0 Å². The molecule has 0 aromatic rings. The third kappa shape index (κ3) is 89.0. The van der Waals surface area contributed by atoms with Crippen LogP contribution in [0.2, 0.25) is 0 Å². The summed E-state index contributed by atoms with van der Waals surface area (Å²) in [7, 11) is 0. The largest absolute Gasteiger partial charge is 4.00 e. The van der Waals surface area contributed by atoms with Gasteiger partial charge in [-0.1, -0.05) is 0 Å². The normalized spacial score (nSPS) is 3.33. The molecule has 0 bridgehead atoms. The minimum Gasteiger partial charge on any atom is 4.00 e. The fourth-order valence-corrected chi connectivity index (χ4v) is 0. The summed E-state index contributed by atoms with van der Waals surface area (Å²) in [6.45, 7) is 0. The molecule has 0 N–H and O–H groups in total. The summed E-state index contributed by atoms with van der Waals surface area (Å²) >= 11 is -1.92. The Hall–Kier alpha value is 0.923. The third-order valence-electron chi connectivity index (χ3n) is 0.